The molecule has 3 heterocycles. The van der Waals surface area contributed by atoms with Crippen LogP contribution in [0.1, 0.15) is 0 Å². The predicted octanol–water partition coefficient (Wildman–Crippen LogP) is 2.83. The number of benzene rings is 1. The summed E-state index contributed by atoms with van der Waals surface area (Å²) in [6.45, 7) is 3.53. The van der Waals surface area contributed by atoms with Crippen molar-refractivity contribution < 1.29 is 14.3 Å². The molecule has 2 aliphatic rings. The van der Waals surface area contributed by atoms with Crippen molar-refractivity contribution in [3.63, 3.8) is 0 Å². The zero-order chi connectivity index (χ0) is 18.8. The van der Waals surface area contributed by atoms with E-state index in [1.807, 2.05) is 41.4 Å². The molecule has 0 spiro atoms. The van der Waals surface area contributed by atoms with Crippen LogP contribution in [0, 0.1) is 11.8 Å². The smallest absolute Gasteiger partial charge is 0.260 e. The van der Waals surface area contributed by atoms with Crippen molar-refractivity contribution in [3.05, 3.63) is 47.1 Å². The van der Waals surface area contributed by atoms with Crippen molar-refractivity contribution in [3.8, 4) is 11.5 Å². The van der Waals surface area contributed by atoms with Crippen LogP contribution in [-0.2, 0) is 4.79 Å². The van der Waals surface area contributed by atoms with Gasteiger partial charge in [0.25, 0.3) is 5.91 Å². The Morgan fingerprint density at radius 3 is 2.56 bits per heavy atom. The monoisotopic (exact) mass is 431 g/mol. The van der Waals surface area contributed by atoms with Gasteiger partial charge in [0.1, 0.15) is 17.3 Å². The van der Waals surface area contributed by atoms with Gasteiger partial charge in [-0.2, -0.15) is 0 Å². The first-order chi connectivity index (χ1) is 13.1. The Morgan fingerprint density at radius 1 is 1.15 bits per heavy atom. The summed E-state index contributed by atoms with van der Waals surface area (Å²) in [6.07, 6.45) is 1.83. The highest BCUT2D eigenvalue weighted by molar-refractivity contribution is 9.10. The fourth-order valence-corrected chi connectivity index (χ4v) is 4.10. The van der Waals surface area contributed by atoms with Crippen molar-refractivity contribution in [2.24, 2.45) is 11.8 Å². The average Bonchev–Trinajstić information content (AvgIpc) is 3.26. The van der Waals surface area contributed by atoms with Crippen molar-refractivity contribution in [1.29, 1.82) is 0 Å². The van der Waals surface area contributed by atoms with Crippen LogP contribution in [-0.4, -0.2) is 55.7 Å². The summed E-state index contributed by atoms with van der Waals surface area (Å²) < 4.78 is 11.8. The SMILES string of the molecule is COc1cccc(OCC(=O)N2CC3CN(c4ccc(Br)cn4)CC3C2)c1. The number of hydrogen-bond donors (Lipinski definition) is 0. The molecule has 0 aliphatic carbocycles. The summed E-state index contributed by atoms with van der Waals surface area (Å²) in [6, 6.07) is 11.4. The molecule has 1 aromatic heterocycles. The number of carbonyl (C=O) groups is 1. The van der Waals surface area contributed by atoms with Crippen LogP contribution < -0.4 is 14.4 Å². The topological polar surface area (TPSA) is 54.9 Å². The molecule has 1 amide bonds. The molecule has 142 valence electrons. The van der Waals surface area contributed by atoms with Crippen LogP contribution in [0.25, 0.3) is 0 Å². The zero-order valence-electron chi connectivity index (χ0n) is 15.2. The number of carbonyl (C=O) groups excluding carboxylic acids is 1. The van der Waals surface area contributed by atoms with E-state index in [2.05, 4.69) is 25.8 Å². The van der Waals surface area contributed by atoms with Crippen molar-refractivity contribution in [2.75, 3.05) is 44.8 Å². The number of fused-ring (bicyclic) bond motifs is 1. The second-order valence-corrected chi connectivity index (χ2v) is 7.94. The van der Waals surface area contributed by atoms with E-state index in [-0.39, 0.29) is 12.5 Å². The number of ether oxygens (including phenoxy) is 2. The van der Waals surface area contributed by atoms with Gasteiger partial charge in [-0.1, -0.05) is 6.07 Å². The van der Waals surface area contributed by atoms with Gasteiger partial charge in [-0.3, -0.25) is 4.79 Å². The number of likely N-dealkylation sites (tertiary alicyclic amines) is 1. The largest absolute Gasteiger partial charge is 0.497 e. The van der Waals surface area contributed by atoms with Crippen LogP contribution in [0.5, 0.6) is 11.5 Å². The minimum atomic E-state index is 0.0422. The Kier molecular flexibility index (Phi) is 5.20. The van der Waals surface area contributed by atoms with Gasteiger partial charge in [-0.05, 0) is 40.2 Å². The van der Waals surface area contributed by atoms with E-state index in [1.165, 1.54) is 0 Å². The number of rotatable bonds is 5. The summed E-state index contributed by atoms with van der Waals surface area (Å²) in [4.78, 5) is 21.3. The van der Waals surface area contributed by atoms with Gasteiger partial charge in [-0.25, -0.2) is 4.98 Å². The van der Waals surface area contributed by atoms with Gasteiger partial charge in [0, 0.05) is 54.8 Å². The number of nitrogens with zero attached hydrogens (tertiary/aromatic N) is 3. The second-order valence-electron chi connectivity index (χ2n) is 7.03. The molecule has 2 atom stereocenters. The highest BCUT2D eigenvalue weighted by Gasteiger charge is 2.41. The van der Waals surface area contributed by atoms with Crippen LogP contribution in [0.3, 0.4) is 0 Å². The van der Waals surface area contributed by atoms with E-state index in [0.717, 1.165) is 42.2 Å². The minimum Gasteiger partial charge on any atom is -0.497 e. The van der Waals surface area contributed by atoms with Crippen molar-refractivity contribution >= 4 is 27.7 Å². The Morgan fingerprint density at radius 2 is 1.89 bits per heavy atom. The third kappa shape index (κ3) is 4.03. The Bertz CT molecular complexity index is 800. The Hall–Kier alpha value is -2.28. The van der Waals surface area contributed by atoms with Gasteiger partial charge >= 0.3 is 0 Å². The molecule has 2 fully saturated rings. The maximum Gasteiger partial charge on any atom is 0.260 e. The second kappa shape index (κ2) is 7.76. The number of halogens is 1. The molecule has 1 aromatic carbocycles. The molecule has 4 rings (SSSR count). The molecule has 2 saturated heterocycles. The molecular formula is C20H22BrN3O3. The highest BCUT2D eigenvalue weighted by atomic mass is 79.9. The third-order valence-electron chi connectivity index (χ3n) is 5.28. The van der Waals surface area contributed by atoms with Gasteiger partial charge in [-0.15, -0.1) is 0 Å². The average molecular weight is 432 g/mol. The summed E-state index contributed by atoms with van der Waals surface area (Å²) >= 11 is 3.42. The summed E-state index contributed by atoms with van der Waals surface area (Å²) in [5.74, 6) is 3.41. The first-order valence-electron chi connectivity index (χ1n) is 9.03. The summed E-state index contributed by atoms with van der Waals surface area (Å²) in [7, 11) is 1.61. The molecule has 2 unspecified atom stereocenters. The van der Waals surface area contributed by atoms with Crippen molar-refractivity contribution in [1.82, 2.24) is 9.88 Å². The van der Waals surface area contributed by atoms with Gasteiger partial charge in [0.2, 0.25) is 0 Å². The number of hydrogen-bond acceptors (Lipinski definition) is 5. The van der Waals surface area contributed by atoms with E-state index in [4.69, 9.17) is 9.47 Å². The lowest BCUT2D eigenvalue weighted by molar-refractivity contribution is -0.132. The molecule has 6 nitrogen and oxygen atoms in total. The van der Waals surface area contributed by atoms with E-state index in [0.29, 0.717) is 17.6 Å². The molecule has 2 aromatic rings. The van der Waals surface area contributed by atoms with Gasteiger partial charge < -0.3 is 19.3 Å². The molecule has 7 heteroatoms. The molecule has 27 heavy (non-hydrogen) atoms. The van der Waals surface area contributed by atoms with Crippen LogP contribution >= 0.6 is 15.9 Å². The fraction of sp³-hybridized carbons (Fsp3) is 0.400. The maximum absolute atomic E-state index is 12.5. The number of amides is 1. The predicted molar refractivity (Wildman–Crippen MR) is 106 cm³/mol. The quantitative estimate of drug-likeness (QED) is 0.728. The Balaban J connectivity index is 1.29. The summed E-state index contributed by atoms with van der Waals surface area (Å²) in [5, 5.41) is 0. The van der Waals surface area contributed by atoms with Crippen LogP contribution in [0.2, 0.25) is 0 Å². The fourth-order valence-electron chi connectivity index (χ4n) is 3.87. The standard InChI is InChI=1S/C20H22BrN3O3/c1-26-17-3-2-4-18(7-17)27-13-20(25)24-11-14-9-23(10-15(14)12-24)19-6-5-16(21)8-22-19/h2-8,14-15H,9-13H2,1H3. The van der Waals surface area contributed by atoms with E-state index in [1.54, 1.807) is 13.2 Å². The first kappa shape index (κ1) is 18.1. The minimum absolute atomic E-state index is 0.0422. The van der Waals surface area contributed by atoms with Gasteiger partial charge in [0.05, 0.1) is 7.11 Å². The summed E-state index contributed by atoms with van der Waals surface area (Å²) in [5.41, 5.74) is 0. The Labute approximate surface area is 167 Å². The highest BCUT2D eigenvalue weighted by Crippen LogP contribution is 2.33. The normalized spacial score (nSPS) is 21.3. The van der Waals surface area contributed by atoms with E-state index >= 15 is 0 Å². The molecule has 0 bridgehead atoms. The van der Waals surface area contributed by atoms with Crippen LogP contribution in [0.4, 0.5) is 5.82 Å². The van der Waals surface area contributed by atoms with Crippen LogP contribution in [0.15, 0.2) is 47.1 Å². The molecule has 2 aliphatic heterocycles. The lowest BCUT2D eigenvalue weighted by Crippen LogP contribution is -2.36. The van der Waals surface area contributed by atoms with E-state index < -0.39 is 0 Å². The van der Waals surface area contributed by atoms with E-state index in [9.17, 15) is 4.79 Å². The number of aromatic nitrogens is 1. The first-order valence-corrected chi connectivity index (χ1v) is 9.83. The molecular weight excluding hydrogens is 410 g/mol. The maximum atomic E-state index is 12.5. The zero-order valence-corrected chi connectivity index (χ0v) is 16.8. The van der Waals surface area contributed by atoms with Gasteiger partial charge in [0.15, 0.2) is 6.61 Å². The lowest BCUT2D eigenvalue weighted by atomic mass is 10.0. The lowest BCUT2D eigenvalue weighted by Gasteiger charge is -2.22. The molecule has 0 saturated carbocycles. The molecule has 0 N–H and O–H groups in total. The van der Waals surface area contributed by atoms with Crippen molar-refractivity contribution in [2.45, 2.75) is 0 Å². The number of pyridine rings is 1. The number of methoxy groups -OCH3 is 1. The third-order valence-corrected chi connectivity index (χ3v) is 5.75. The number of anilines is 1. The molecule has 0 radical (unpaired) electrons.